The molecular formula is C44H51ClN2O7. The van der Waals surface area contributed by atoms with E-state index in [0.717, 1.165) is 59.3 Å². The normalized spacial score (nSPS) is 20.6. The SMILES string of the molecule is CCN1c2cc3c(cc2C(C)=CC1(C)C)C(c1ccccc1C(=O)OCC1CC=CCC1C)=c1cc2c(cc1O3)=[N+](CC)C(C)(C)C=C2C.[O-][Cl+3]([O-])([O-])[O-]. The molecule has 3 aliphatic heterocycles. The van der Waals surface area contributed by atoms with E-state index in [1.165, 1.54) is 33.3 Å². The number of carbonyl (C=O) groups is 1. The topological polar surface area (TPSA) is 134 Å². The largest absolute Gasteiger partial charge is 0.462 e. The van der Waals surface area contributed by atoms with Gasteiger partial charge in [-0.3, -0.25) is 0 Å². The molecule has 0 spiro atoms. The van der Waals surface area contributed by atoms with Gasteiger partial charge < -0.3 is 14.4 Å². The number of halogens is 1. The van der Waals surface area contributed by atoms with Crippen LogP contribution in [0.1, 0.15) is 108 Å². The summed E-state index contributed by atoms with van der Waals surface area (Å²) in [4.78, 5) is 16.5. The number of carbonyl (C=O) groups excluding carboxylic acids is 1. The number of hydrogen-bond donors (Lipinski definition) is 0. The zero-order valence-corrected chi connectivity index (χ0v) is 33.5. The maximum Gasteiger partial charge on any atom is 0.338 e. The van der Waals surface area contributed by atoms with Crippen LogP contribution in [0.3, 0.4) is 0 Å². The average molecular weight is 755 g/mol. The number of benzene rings is 3. The van der Waals surface area contributed by atoms with Gasteiger partial charge in [0.25, 0.3) is 0 Å². The quantitative estimate of drug-likeness (QED) is 0.165. The maximum absolute atomic E-state index is 14.0. The number of anilines is 1. The molecule has 0 radical (unpaired) electrons. The van der Waals surface area contributed by atoms with Crippen molar-refractivity contribution in [1.29, 1.82) is 0 Å². The molecule has 1 aliphatic carbocycles. The van der Waals surface area contributed by atoms with Crippen LogP contribution >= 0.6 is 0 Å². The van der Waals surface area contributed by atoms with Gasteiger partial charge in [0, 0.05) is 59.6 Å². The predicted molar refractivity (Wildman–Crippen MR) is 202 cm³/mol. The van der Waals surface area contributed by atoms with Crippen LogP contribution in [0.25, 0.3) is 16.7 Å². The number of fused-ring (bicyclic) bond motifs is 4. The second-order valence-electron chi connectivity index (χ2n) is 15.9. The van der Waals surface area contributed by atoms with Crippen LogP contribution in [0.4, 0.5) is 5.69 Å². The Labute approximate surface area is 320 Å². The average Bonchev–Trinajstić information content (AvgIpc) is 3.08. The van der Waals surface area contributed by atoms with Gasteiger partial charge in [0.2, 0.25) is 5.36 Å². The number of esters is 1. The Balaban J connectivity index is 0.000000934. The summed E-state index contributed by atoms with van der Waals surface area (Å²) in [7, 11) is -4.94. The molecule has 0 saturated carbocycles. The predicted octanol–water partition coefficient (Wildman–Crippen LogP) is 3.77. The minimum Gasteiger partial charge on any atom is -0.462 e. The number of ether oxygens (including phenoxy) is 2. The molecule has 0 amide bonds. The first kappa shape index (κ1) is 39.4. The van der Waals surface area contributed by atoms with Crippen molar-refractivity contribution in [1.82, 2.24) is 4.58 Å². The summed E-state index contributed by atoms with van der Waals surface area (Å²) in [6.07, 6.45) is 11.1. The van der Waals surface area contributed by atoms with E-state index in [2.05, 4.69) is 126 Å². The summed E-state index contributed by atoms with van der Waals surface area (Å²) in [6, 6.07) is 17.0. The fraction of sp³-hybridized carbons (Fsp3) is 0.409. The Bertz CT molecular complexity index is 2200. The van der Waals surface area contributed by atoms with Crippen LogP contribution in [-0.2, 0) is 4.74 Å². The first-order chi connectivity index (χ1) is 25.3. The minimum atomic E-state index is -4.94. The Hall–Kier alpha value is -4.25. The van der Waals surface area contributed by atoms with Crippen molar-refractivity contribution < 1.29 is 43.1 Å². The van der Waals surface area contributed by atoms with Crippen molar-refractivity contribution in [3.8, 4) is 11.5 Å². The van der Waals surface area contributed by atoms with Crippen molar-refractivity contribution in [2.75, 3.05) is 24.6 Å². The Kier molecular flexibility index (Phi) is 10.8. The molecule has 3 aromatic rings. The Morgan fingerprint density at radius 2 is 1.56 bits per heavy atom. The van der Waals surface area contributed by atoms with Crippen molar-refractivity contribution in [2.45, 2.75) is 86.2 Å². The van der Waals surface area contributed by atoms with Crippen LogP contribution in [0.2, 0.25) is 0 Å². The van der Waals surface area contributed by atoms with Crippen LogP contribution < -0.4 is 43.4 Å². The lowest BCUT2D eigenvalue weighted by Gasteiger charge is -2.43. The lowest BCUT2D eigenvalue weighted by molar-refractivity contribution is -2.00. The van der Waals surface area contributed by atoms with E-state index in [4.69, 9.17) is 28.1 Å². The molecule has 3 aromatic carbocycles. The van der Waals surface area contributed by atoms with E-state index in [1.807, 2.05) is 18.2 Å². The third-order valence-electron chi connectivity index (χ3n) is 11.3. The van der Waals surface area contributed by atoms with Crippen LogP contribution in [-0.4, -0.2) is 36.7 Å². The first-order valence-corrected chi connectivity index (χ1v) is 20.0. The molecule has 9 nitrogen and oxygen atoms in total. The summed E-state index contributed by atoms with van der Waals surface area (Å²) in [6.45, 7) is 22.3. The molecule has 3 heterocycles. The molecule has 2 atom stereocenters. The number of likely N-dealkylation sites (N-methyl/N-ethyl adjacent to an activating group) is 2. The van der Waals surface area contributed by atoms with E-state index in [1.54, 1.807) is 0 Å². The molecule has 7 rings (SSSR count). The first-order valence-electron chi connectivity index (χ1n) is 18.7. The van der Waals surface area contributed by atoms with E-state index in [0.29, 0.717) is 24.0 Å². The molecule has 54 heavy (non-hydrogen) atoms. The van der Waals surface area contributed by atoms with Gasteiger partial charge in [0.1, 0.15) is 18.0 Å². The van der Waals surface area contributed by atoms with Gasteiger partial charge in [-0.2, -0.15) is 0 Å². The highest BCUT2D eigenvalue weighted by molar-refractivity contribution is 6.00. The summed E-state index contributed by atoms with van der Waals surface area (Å²) in [5.74, 6) is 2.16. The zero-order chi connectivity index (χ0) is 39.3. The summed E-state index contributed by atoms with van der Waals surface area (Å²) < 4.78 is 49.5. The fourth-order valence-electron chi connectivity index (χ4n) is 8.86. The van der Waals surface area contributed by atoms with Gasteiger partial charge in [-0.15, -0.1) is 10.2 Å². The zero-order valence-electron chi connectivity index (χ0n) is 32.7. The van der Waals surface area contributed by atoms with Crippen molar-refractivity contribution >= 4 is 28.4 Å². The minimum absolute atomic E-state index is 0.128. The van der Waals surface area contributed by atoms with Crippen molar-refractivity contribution in [3.63, 3.8) is 0 Å². The second-order valence-corrected chi connectivity index (χ2v) is 16.6. The lowest BCUT2D eigenvalue weighted by Crippen LogP contribution is -2.68. The van der Waals surface area contributed by atoms with Gasteiger partial charge in [0.15, 0.2) is 5.54 Å². The maximum atomic E-state index is 14.0. The smallest absolute Gasteiger partial charge is 0.338 e. The summed E-state index contributed by atoms with van der Waals surface area (Å²) in [5, 5.41) is 2.16. The van der Waals surface area contributed by atoms with Gasteiger partial charge in [0.05, 0.1) is 23.8 Å². The Morgan fingerprint density at radius 1 is 0.889 bits per heavy atom. The molecule has 0 N–H and O–H groups in total. The molecule has 4 aliphatic rings. The van der Waals surface area contributed by atoms with Crippen molar-refractivity contribution in [3.05, 3.63) is 111 Å². The number of rotatable bonds is 6. The van der Waals surface area contributed by atoms with Gasteiger partial charge in [-0.1, -0.05) is 43.4 Å². The molecular weight excluding hydrogens is 704 g/mol. The van der Waals surface area contributed by atoms with Crippen LogP contribution in [0.5, 0.6) is 11.5 Å². The van der Waals surface area contributed by atoms with E-state index in [-0.39, 0.29) is 17.0 Å². The molecule has 0 saturated heterocycles. The van der Waals surface area contributed by atoms with E-state index >= 15 is 0 Å². The third kappa shape index (κ3) is 7.66. The second kappa shape index (κ2) is 14.8. The molecule has 286 valence electrons. The fourth-order valence-corrected chi connectivity index (χ4v) is 8.86. The van der Waals surface area contributed by atoms with Gasteiger partial charge in [-0.25, -0.2) is 28.0 Å². The third-order valence-corrected chi connectivity index (χ3v) is 11.3. The number of allylic oxidation sites excluding steroid dienone is 4. The standard InChI is InChI=1S/C44H51N2O3.ClHO4/c1-10-45-37-22-39-35(20-33(37)28(4)24-43(45,6)7)41(31-18-14-15-19-32(31)42(47)48-26-30-17-13-12-16-27(30)3)36-21-34-29(5)25-44(8,9)46(11-2)38(34)23-40(36)49-39;2-1(3,4)5/h12-15,18-25,27,30H,10-11,16-17,26H2,1-9H3;(H,2,3,4,5)/q+1;/p-1. The van der Waals surface area contributed by atoms with Crippen LogP contribution in [0, 0.1) is 22.1 Å². The van der Waals surface area contributed by atoms with E-state index < -0.39 is 10.2 Å². The Morgan fingerprint density at radius 3 is 2.22 bits per heavy atom. The highest BCUT2D eigenvalue weighted by atomic mass is 35.7. The molecule has 0 bridgehead atoms. The van der Waals surface area contributed by atoms with Crippen LogP contribution in [0.15, 0.2) is 72.8 Å². The van der Waals surface area contributed by atoms with Gasteiger partial charge in [-0.05, 0) is 107 Å². The summed E-state index contributed by atoms with van der Waals surface area (Å²) >= 11 is 0. The highest BCUT2D eigenvalue weighted by Gasteiger charge is 2.36. The van der Waals surface area contributed by atoms with E-state index in [9.17, 15) is 4.79 Å². The van der Waals surface area contributed by atoms with Gasteiger partial charge >= 0.3 is 5.97 Å². The monoisotopic (exact) mass is 754 g/mol. The molecule has 0 aromatic heterocycles. The molecule has 10 heteroatoms. The summed E-state index contributed by atoms with van der Waals surface area (Å²) in [5.41, 5.74) is 9.23. The lowest BCUT2D eigenvalue weighted by atomic mass is 9.83. The molecule has 0 fully saturated rings. The molecule has 2 unspecified atom stereocenters. The number of hydrogen-bond acceptors (Lipinski definition) is 8. The van der Waals surface area contributed by atoms with Crippen molar-refractivity contribution in [2.24, 2.45) is 11.8 Å². The number of nitrogens with zero attached hydrogens (tertiary/aromatic N) is 2. The highest BCUT2D eigenvalue weighted by Crippen LogP contribution is 2.46.